The first-order valence-corrected chi connectivity index (χ1v) is 12.3. The SMILES string of the molecule is CC.CCOC(=O)c1cn(-c2ccc(N)nc2)c2cc(F)c(Cl)cc2c1=O.COCCN(C)c1ccn[nH]1. The van der Waals surface area contributed by atoms with Crippen molar-refractivity contribution in [2.75, 3.05) is 44.5 Å². The normalized spacial score (nSPS) is 10.2. The molecular weight excluding hydrogens is 515 g/mol. The molecular formula is C26H32ClFN6O4. The molecule has 1 aromatic carbocycles. The Morgan fingerprint density at radius 2 is 2.00 bits per heavy atom. The van der Waals surface area contributed by atoms with E-state index < -0.39 is 17.2 Å². The van der Waals surface area contributed by atoms with Crippen molar-refractivity contribution in [2.24, 2.45) is 0 Å². The van der Waals surface area contributed by atoms with Gasteiger partial charge in [0.1, 0.15) is 23.0 Å². The van der Waals surface area contributed by atoms with E-state index in [1.54, 1.807) is 32.4 Å². The Kier molecular flexibility index (Phi) is 11.7. The zero-order chi connectivity index (χ0) is 28.2. The molecule has 0 unspecified atom stereocenters. The van der Waals surface area contributed by atoms with Crippen molar-refractivity contribution in [2.45, 2.75) is 20.8 Å². The number of nitrogens with zero attached hydrogens (tertiary/aromatic N) is 4. The summed E-state index contributed by atoms with van der Waals surface area (Å²) in [6.45, 7) is 7.35. The number of H-pyrrole nitrogens is 1. The average Bonchev–Trinajstić information content (AvgIpc) is 3.46. The van der Waals surface area contributed by atoms with Gasteiger partial charge in [-0.3, -0.25) is 9.89 Å². The summed E-state index contributed by atoms with van der Waals surface area (Å²) in [6, 6.07) is 7.43. The number of hydrogen-bond donors (Lipinski definition) is 2. The summed E-state index contributed by atoms with van der Waals surface area (Å²) < 4.78 is 25.3. The van der Waals surface area contributed by atoms with Crippen LogP contribution in [0.4, 0.5) is 16.0 Å². The van der Waals surface area contributed by atoms with Crippen LogP contribution >= 0.6 is 11.6 Å². The summed E-state index contributed by atoms with van der Waals surface area (Å²) in [5.41, 5.74) is 5.54. The molecule has 0 radical (unpaired) electrons. The van der Waals surface area contributed by atoms with Gasteiger partial charge in [-0.15, -0.1) is 0 Å². The first kappa shape index (κ1) is 30.3. The highest BCUT2D eigenvalue weighted by molar-refractivity contribution is 6.31. The molecule has 4 rings (SSSR count). The van der Waals surface area contributed by atoms with Gasteiger partial charge in [-0.1, -0.05) is 25.4 Å². The van der Waals surface area contributed by atoms with E-state index in [2.05, 4.69) is 20.1 Å². The minimum Gasteiger partial charge on any atom is -0.462 e. The van der Waals surface area contributed by atoms with Crippen molar-refractivity contribution in [1.29, 1.82) is 0 Å². The lowest BCUT2D eigenvalue weighted by Gasteiger charge is -2.15. The molecule has 3 aromatic heterocycles. The van der Waals surface area contributed by atoms with E-state index in [1.165, 1.54) is 23.0 Å². The maximum absolute atomic E-state index is 13.9. The summed E-state index contributed by atoms with van der Waals surface area (Å²) in [5, 5.41) is 6.59. The van der Waals surface area contributed by atoms with E-state index in [9.17, 15) is 14.0 Å². The number of carbonyl (C=O) groups is 1. The summed E-state index contributed by atoms with van der Waals surface area (Å²) >= 11 is 5.80. The van der Waals surface area contributed by atoms with Crippen LogP contribution in [-0.4, -0.2) is 59.6 Å². The third-order valence-electron chi connectivity index (χ3n) is 5.12. The van der Waals surface area contributed by atoms with Gasteiger partial charge < -0.3 is 24.7 Å². The van der Waals surface area contributed by atoms with Crippen LogP contribution in [0.2, 0.25) is 5.02 Å². The molecule has 0 saturated carbocycles. The first-order valence-electron chi connectivity index (χ1n) is 11.9. The number of aromatic amines is 1. The molecule has 0 amide bonds. The lowest BCUT2D eigenvalue weighted by atomic mass is 10.1. The van der Waals surface area contributed by atoms with Crippen LogP contribution in [0.5, 0.6) is 0 Å². The monoisotopic (exact) mass is 546 g/mol. The predicted molar refractivity (Wildman–Crippen MR) is 148 cm³/mol. The maximum atomic E-state index is 13.9. The second kappa shape index (κ2) is 14.7. The average molecular weight is 547 g/mol. The molecule has 0 saturated heterocycles. The standard InChI is InChI=1S/C17H13ClFN3O3.C7H13N3O.C2H6/c1-2-25-17(24)11-8-22(9-3-4-15(20)21-7-9)14-6-13(19)12(18)5-10(14)16(11)23;1-10(5-6-11-2)7-3-4-8-9-7;1-2/h3-8H,2H2,1H3,(H2,20,21);3-4H,5-6H2,1-2H3,(H,8,9);1-2H3. The van der Waals surface area contributed by atoms with Gasteiger partial charge in [0.2, 0.25) is 5.43 Å². The topological polar surface area (TPSA) is 128 Å². The van der Waals surface area contributed by atoms with E-state index in [4.69, 9.17) is 26.8 Å². The molecule has 38 heavy (non-hydrogen) atoms. The van der Waals surface area contributed by atoms with Crippen LogP contribution < -0.4 is 16.1 Å². The third kappa shape index (κ3) is 7.53. The maximum Gasteiger partial charge on any atom is 0.343 e. The van der Waals surface area contributed by atoms with E-state index in [0.29, 0.717) is 11.5 Å². The fourth-order valence-corrected chi connectivity index (χ4v) is 3.40. The molecule has 0 aliphatic carbocycles. The molecule has 3 N–H and O–H groups in total. The number of hydrogen-bond acceptors (Lipinski definition) is 8. The number of rotatable bonds is 7. The number of carbonyl (C=O) groups excluding carboxylic acids is 1. The summed E-state index contributed by atoms with van der Waals surface area (Å²) in [4.78, 5) is 30.8. The fourth-order valence-electron chi connectivity index (χ4n) is 3.24. The Balaban J connectivity index is 0.000000327. The van der Waals surface area contributed by atoms with Gasteiger partial charge >= 0.3 is 5.97 Å². The van der Waals surface area contributed by atoms with Crippen molar-refractivity contribution in [1.82, 2.24) is 19.7 Å². The van der Waals surface area contributed by atoms with Crippen molar-refractivity contribution < 1.29 is 18.7 Å². The number of fused-ring (bicyclic) bond motifs is 1. The van der Waals surface area contributed by atoms with Crippen molar-refractivity contribution >= 4 is 40.1 Å². The third-order valence-corrected chi connectivity index (χ3v) is 5.41. The Bertz CT molecular complexity index is 1380. The number of esters is 1. The van der Waals surface area contributed by atoms with Crippen LogP contribution in [0.15, 0.2) is 53.7 Å². The number of likely N-dealkylation sites (N-methyl/N-ethyl adjacent to an activating group) is 1. The lowest BCUT2D eigenvalue weighted by molar-refractivity contribution is 0.0524. The number of nitrogens with two attached hydrogens (primary N) is 1. The second-order valence-electron chi connectivity index (χ2n) is 7.54. The Hall–Kier alpha value is -3.96. The number of benzene rings is 1. The van der Waals surface area contributed by atoms with Crippen LogP contribution in [0, 0.1) is 5.82 Å². The first-order chi connectivity index (χ1) is 18.3. The minimum atomic E-state index is -0.771. The Morgan fingerprint density at radius 3 is 2.58 bits per heavy atom. The van der Waals surface area contributed by atoms with E-state index in [0.717, 1.165) is 25.0 Å². The van der Waals surface area contributed by atoms with Crippen LogP contribution in [0.1, 0.15) is 31.1 Å². The molecule has 10 nitrogen and oxygen atoms in total. The summed E-state index contributed by atoms with van der Waals surface area (Å²) in [6.07, 6.45) is 4.47. The number of aromatic nitrogens is 4. The zero-order valence-electron chi connectivity index (χ0n) is 22.0. The van der Waals surface area contributed by atoms with Crippen molar-refractivity contribution in [3.8, 4) is 5.69 Å². The number of nitrogens with one attached hydrogen (secondary N) is 1. The molecule has 0 fully saturated rings. The zero-order valence-corrected chi connectivity index (χ0v) is 22.8. The number of methoxy groups -OCH3 is 1. The molecule has 0 spiro atoms. The molecule has 12 heteroatoms. The van der Waals surface area contributed by atoms with Gasteiger partial charge in [0.15, 0.2) is 0 Å². The molecule has 0 bridgehead atoms. The molecule has 4 aromatic rings. The van der Waals surface area contributed by atoms with Gasteiger partial charge in [-0.2, -0.15) is 5.10 Å². The number of nitrogen functional groups attached to an aromatic ring is 1. The molecule has 0 atom stereocenters. The highest BCUT2D eigenvalue weighted by Crippen LogP contribution is 2.24. The number of anilines is 2. The fraction of sp³-hybridized carbons (Fsp3) is 0.308. The quantitative estimate of drug-likeness (QED) is 0.325. The summed E-state index contributed by atoms with van der Waals surface area (Å²) in [7, 11) is 3.69. The van der Waals surface area contributed by atoms with E-state index in [1.807, 2.05) is 27.0 Å². The number of pyridine rings is 2. The molecule has 0 aliphatic heterocycles. The Morgan fingerprint density at radius 1 is 1.26 bits per heavy atom. The smallest absolute Gasteiger partial charge is 0.343 e. The molecule has 3 heterocycles. The van der Waals surface area contributed by atoms with Crippen LogP contribution in [0.3, 0.4) is 0 Å². The van der Waals surface area contributed by atoms with E-state index >= 15 is 0 Å². The molecule has 0 aliphatic rings. The Labute approximate surface area is 225 Å². The van der Waals surface area contributed by atoms with E-state index in [-0.39, 0.29) is 28.1 Å². The van der Waals surface area contributed by atoms with Crippen molar-refractivity contribution in [3.63, 3.8) is 0 Å². The van der Waals surface area contributed by atoms with Gasteiger partial charge in [-0.05, 0) is 25.1 Å². The minimum absolute atomic E-state index is 0.0915. The van der Waals surface area contributed by atoms with Crippen molar-refractivity contribution in [3.05, 3.63) is 75.5 Å². The largest absolute Gasteiger partial charge is 0.462 e. The van der Waals surface area contributed by atoms with Crippen LogP contribution in [0.25, 0.3) is 16.6 Å². The van der Waals surface area contributed by atoms with Gasteiger partial charge in [0.25, 0.3) is 0 Å². The second-order valence-corrected chi connectivity index (χ2v) is 7.95. The highest BCUT2D eigenvalue weighted by atomic mass is 35.5. The number of halogens is 2. The predicted octanol–water partition coefficient (Wildman–Crippen LogP) is 4.46. The summed E-state index contributed by atoms with van der Waals surface area (Å²) in [5.74, 6) is -0.141. The lowest BCUT2D eigenvalue weighted by Crippen LogP contribution is -2.22. The van der Waals surface area contributed by atoms with Gasteiger partial charge in [0, 0.05) is 44.4 Å². The highest BCUT2D eigenvalue weighted by Gasteiger charge is 2.19. The molecule has 204 valence electrons. The van der Waals surface area contributed by atoms with Gasteiger partial charge in [0.05, 0.1) is 41.8 Å². The number of ether oxygens (including phenoxy) is 2. The van der Waals surface area contributed by atoms with Crippen LogP contribution in [-0.2, 0) is 9.47 Å². The van der Waals surface area contributed by atoms with Gasteiger partial charge in [-0.25, -0.2) is 14.2 Å².